The van der Waals surface area contributed by atoms with E-state index in [0.29, 0.717) is 36.8 Å². The molecule has 4 heteroatoms. The number of carbonyl (C=O) groups excluding carboxylic acids is 1. The third kappa shape index (κ3) is 5.12. The second kappa shape index (κ2) is 8.32. The van der Waals surface area contributed by atoms with Crippen molar-refractivity contribution < 1.29 is 9.53 Å². The normalized spacial score (nSPS) is 10.1. The fourth-order valence-corrected chi connectivity index (χ4v) is 2.00. The minimum Gasteiger partial charge on any atom is -0.487 e. The van der Waals surface area contributed by atoms with Crippen molar-refractivity contribution in [1.29, 1.82) is 0 Å². The van der Waals surface area contributed by atoms with Crippen LogP contribution < -0.4 is 10.1 Å². The zero-order valence-electron chi connectivity index (χ0n) is 11.7. The van der Waals surface area contributed by atoms with Crippen molar-refractivity contribution in [2.75, 3.05) is 11.2 Å². The van der Waals surface area contributed by atoms with Crippen molar-refractivity contribution >= 4 is 23.2 Å². The first-order valence-electron chi connectivity index (χ1n) is 6.91. The van der Waals surface area contributed by atoms with E-state index in [2.05, 4.69) is 5.32 Å². The van der Waals surface area contributed by atoms with E-state index in [1.54, 1.807) is 0 Å². The second-order valence-corrected chi connectivity index (χ2v) is 4.99. The number of hydrogen-bond donors (Lipinski definition) is 1. The summed E-state index contributed by atoms with van der Waals surface area (Å²) in [6.07, 6.45) is 1.08. The number of rotatable bonds is 7. The van der Waals surface area contributed by atoms with Crippen molar-refractivity contribution in [2.24, 2.45) is 0 Å². The fourth-order valence-electron chi connectivity index (χ4n) is 1.87. The lowest BCUT2D eigenvalue weighted by atomic mass is 10.2. The van der Waals surface area contributed by atoms with Crippen molar-refractivity contribution in [3.8, 4) is 5.75 Å². The van der Waals surface area contributed by atoms with Crippen molar-refractivity contribution in [2.45, 2.75) is 19.4 Å². The Morgan fingerprint density at radius 1 is 1.05 bits per heavy atom. The molecule has 0 atom stereocenters. The summed E-state index contributed by atoms with van der Waals surface area (Å²) < 4.78 is 5.79. The molecule has 1 amide bonds. The highest BCUT2D eigenvalue weighted by Gasteiger charge is 2.07. The zero-order chi connectivity index (χ0) is 14.9. The quantitative estimate of drug-likeness (QED) is 0.778. The van der Waals surface area contributed by atoms with Crippen LogP contribution in [0.5, 0.6) is 5.75 Å². The maximum absolute atomic E-state index is 11.8. The maximum atomic E-state index is 11.8. The second-order valence-electron chi connectivity index (χ2n) is 4.61. The molecule has 110 valence electrons. The first-order chi connectivity index (χ1) is 10.3. The Balaban J connectivity index is 1.98. The fraction of sp³-hybridized carbons (Fsp3) is 0.235. The SMILES string of the molecule is O=C(CCCCl)Nc1ccccc1OCc1ccccc1. The molecule has 2 aromatic rings. The number of amides is 1. The lowest BCUT2D eigenvalue weighted by molar-refractivity contribution is -0.116. The first-order valence-corrected chi connectivity index (χ1v) is 7.44. The molecular weight excluding hydrogens is 286 g/mol. The first kappa shape index (κ1) is 15.4. The lowest BCUT2D eigenvalue weighted by Crippen LogP contribution is -2.12. The van der Waals surface area contributed by atoms with Gasteiger partial charge in [-0.3, -0.25) is 4.79 Å². The van der Waals surface area contributed by atoms with E-state index in [0.717, 1.165) is 5.56 Å². The van der Waals surface area contributed by atoms with Crippen LogP contribution in [0.25, 0.3) is 0 Å². The molecule has 0 spiro atoms. The molecular formula is C17H18ClNO2. The topological polar surface area (TPSA) is 38.3 Å². The highest BCUT2D eigenvalue weighted by atomic mass is 35.5. The van der Waals surface area contributed by atoms with Gasteiger partial charge in [0, 0.05) is 12.3 Å². The van der Waals surface area contributed by atoms with Gasteiger partial charge in [0.1, 0.15) is 12.4 Å². The average Bonchev–Trinajstić information content (AvgIpc) is 2.53. The van der Waals surface area contributed by atoms with Gasteiger partial charge in [0.2, 0.25) is 5.91 Å². The summed E-state index contributed by atoms with van der Waals surface area (Å²) in [7, 11) is 0. The summed E-state index contributed by atoms with van der Waals surface area (Å²) in [5, 5.41) is 2.86. The number of ether oxygens (including phenoxy) is 1. The standard InChI is InChI=1S/C17H18ClNO2/c18-12-6-11-17(20)19-15-9-4-5-10-16(15)21-13-14-7-2-1-3-8-14/h1-5,7-10H,6,11-13H2,(H,19,20). The molecule has 0 radical (unpaired) electrons. The molecule has 1 N–H and O–H groups in total. The van der Waals surface area contributed by atoms with E-state index in [1.165, 1.54) is 0 Å². The molecule has 0 fully saturated rings. The summed E-state index contributed by atoms with van der Waals surface area (Å²) in [5.41, 5.74) is 1.77. The zero-order valence-corrected chi connectivity index (χ0v) is 12.5. The lowest BCUT2D eigenvalue weighted by Gasteiger charge is -2.12. The number of para-hydroxylation sites is 2. The number of nitrogens with one attached hydrogen (secondary N) is 1. The van der Waals surface area contributed by atoms with Crippen LogP contribution in [0, 0.1) is 0 Å². The predicted molar refractivity (Wildman–Crippen MR) is 85.8 cm³/mol. The maximum Gasteiger partial charge on any atom is 0.224 e. The van der Waals surface area contributed by atoms with Gasteiger partial charge in [-0.25, -0.2) is 0 Å². The Bertz CT molecular complexity index is 572. The van der Waals surface area contributed by atoms with Gasteiger partial charge >= 0.3 is 0 Å². The summed E-state index contributed by atoms with van der Waals surface area (Å²) in [4.78, 5) is 11.8. The molecule has 0 aliphatic heterocycles. The van der Waals surface area contributed by atoms with E-state index in [-0.39, 0.29) is 5.91 Å². The van der Waals surface area contributed by atoms with Crippen LogP contribution in [0.2, 0.25) is 0 Å². The van der Waals surface area contributed by atoms with Crippen LogP contribution in [-0.2, 0) is 11.4 Å². The molecule has 0 unspecified atom stereocenters. The minimum atomic E-state index is -0.0496. The Kier molecular flexibility index (Phi) is 6.10. The molecule has 21 heavy (non-hydrogen) atoms. The summed E-state index contributed by atoms with van der Waals surface area (Å²) >= 11 is 5.59. The molecule has 2 rings (SSSR count). The van der Waals surface area contributed by atoms with E-state index >= 15 is 0 Å². The molecule has 0 heterocycles. The van der Waals surface area contributed by atoms with Crippen LogP contribution in [0.1, 0.15) is 18.4 Å². The van der Waals surface area contributed by atoms with E-state index in [1.807, 2.05) is 54.6 Å². The Morgan fingerprint density at radius 2 is 1.76 bits per heavy atom. The third-order valence-corrected chi connectivity index (χ3v) is 3.20. The molecule has 0 saturated carbocycles. The van der Waals surface area contributed by atoms with Gasteiger partial charge in [0.05, 0.1) is 5.69 Å². The van der Waals surface area contributed by atoms with E-state index in [4.69, 9.17) is 16.3 Å². The Labute approximate surface area is 129 Å². The molecule has 0 bridgehead atoms. The molecule has 0 aromatic heterocycles. The molecule has 0 aliphatic carbocycles. The average molecular weight is 304 g/mol. The van der Waals surface area contributed by atoms with Gasteiger partial charge in [-0.15, -0.1) is 11.6 Å². The summed E-state index contributed by atoms with van der Waals surface area (Å²) in [6.45, 7) is 0.468. The minimum absolute atomic E-state index is 0.0496. The smallest absolute Gasteiger partial charge is 0.224 e. The molecule has 2 aromatic carbocycles. The molecule has 0 aliphatic rings. The van der Waals surface area contributed by atoms with E-state index in [9.17, 15) is 4.79 Å². The summed E-state index contributed by atoms with van der Waals surface area (Å²) in [5.74, 6) is 1.10. The van der Waals surface area contributed by atoms with Crippen LogP contribution in [0.3, 0.4) is 0 Å². The monoisotopic (exact) mass is 303 g/mol. The van der Waals surface area contributed by atoms with Crippen LogP contribution in [-0.4, -0.2) is 11.8 Å². The van der Waals surface area contributed by atoms with Gasteiger partial charge in [-0.05, 0) is 24.1 Å². The van der Waals surface area contributed by atoms with Gasteiger partial charge < -0.3 is 10.1 Å². The number of alkyl halides is 1. The summed E-state index contributed by atoms with van der Waals surface area (Å²) in [6, 6.07) is 17.3. The predicted octanol–water partition coefficient (Wildman–Crippen LogP) is 4.22. The van der Waals surface area contributed by atoms with Gasteiger partial charge in [0.25, 0.3) is 0 Å². The molecule has 0 saturated heterocycles. The van der Waals surface area contributed by atoms with Gasteiger partial charge in [0.15, 0.2) is 0 Å². The number of anilines is 1. The van der Waals surface area contributed by atoms with Crippen LogP contribution in [0.15, 0.2) is 54.6 Å². The van der Waals surface area contributed by atoms with Crippen molar-refractivity contribution in [3.63, 3.8) is 0 Å². The van der Waals surface area contributed by atoms with Crippen molar-refractivity contribution in [1.82, 2.24) is 0 Å². The van der Waals surface area contributed by atoms with Gasteiger partial charge in [-0.1, -0.05) is 42.5 Å². The number of halogens is 1. The Hall–Kier alpha value is -2.00. The Morgan fingerprint density at radius 3 is 2.52 bits per heavy atom. The highest BCUT2D eigenvalue weighted by Crippen LogP contribution is 2.25. The largest absolute Gasteiger partial charge is 0.487 e. The number of hydrogen-bond acceptors (Lipinski definition) is 2. The van der Waals surface area contributed by atoms with Crippen LogP contribution >= 0.6 is 11.6 Å². The molecule has 3 nitrogen and oxygen atoms in total. The third-order valence-electron chi connectivity index (χ3n) is 2.94. The number of carbonyl (C=O) groups is 1. The van der Waals surface area contributed by atoms with E-state index < -0.39 is 0 Å². The van der Waals surface area contributed by atoms with Gasteiger partial charge in [-0.2, -0.15) is 0 Å². The van der Waals surface area contributed by atoms with Crippen molar-refractivity contribution in [3.05, 3.63) is 60.2 Å². The van der Waals surface area contributed by atoms with Crippen LogP contribution in [0.4, 0.5) is 5.69 Å². The number of benzene rings is 2. The highest BCUT2D eigenvalue weighted by molar-refractivity contribution is 6.18.